The maximum atomic E-state index is 12.1. The zero-order valence-electron chi connectivity index (χ0n) is 17.5. The topological polar surface area (TPSA) is 125 Å². The highest BCUT2D eigenvalue weighted by atomic mass is 16.5. The summed E-state index contributed by atoms with van der Waals surface area (Å²) in [6.45, 7) is 7.51. The van der Waals surface area contributed by atoms with Crippen LogP contribution in [0.5, 0.6) is 5.75 Å². The highest BCUT2D eigenvalue weighted by Crippen LogP contribution is 2.15. The summed E-state index contributed by atoms with van der Waals surface area (Å²) < 4.78 is 5.57. The average molecular weight is 408 g/mol. The molecule has 1 aromatic carbocycles. The SMILES string of the molecule is CC(C)N[C@@H](CCC(=O)N[C@H](CCc1ccc(OC(C)C)cc1)C(=O)O)C(=O)O. The summed E-state index contributed by atoms with van der Waals surface area (Å²) in [5.41, 5.74) is 0.939. The maximum absolute atomic E-state index is 12.1. The quantitative estimate of drug-likeness (QED) is 0.394. The Morgan fingerprint density at radius 2 is 1.52 bits per heavy atom. The first kappa shape index (κ1) is 24.4. The number of hydrogen-bond acceptors (Lipinski definition) is 5. The Kier molecular flexibility index (Phi) is 10.2. The normalized spacial score (nSPS) is 13.2. The largest absolute Gasteiger partial charge is 0.491 e. The lowest BCUT2D eigenvalue weighted by molar-refractivity contribution is -0.142. The van der Waals surface area contributed by atoms with Gasteiger partial charge in [0, 0.05) is 12.5 Å². The van der Waals surface area contributed by atoms with Gasteiger partial charge in [-0.05, 0) is 50.8 Å². The van der Waals surface area contributed by atoms with Crippen LogP contribution in [-0.4, -0.2) is 52.3 Å². The molecule has 4 N–H and O–H groups in total. The van der Waals surface area contributed by atoms with Crippen LogP contribution in [0.15, 0.2) is 24.3 Å². The van der Waals surface area contributed by atoms with Gasteiger partial charge < -0.3 is 25.6 Å². The third-order valence-electron chi connectivity index (χ3n) is 4.14. The number of aliphatic carboxylic acids is 2. The van der Waals surface area contributed by atoms with Gasteiger partial charge in [0.2, 0.25) is 5.91 Å². The van der Waals surface area contributed by atoms with Crippen LogP contribution in [0, 0.1) is 0 Å². The first-order valence-electron chi connectivity index (χ1n) is 9.85. The van der Waals surface area contributed by atoms with Gasteiger partial charge in [0.15, 0.2) is 0 Å². The minimum Gasteiger partial charge on any atom is -0.491 e. The monoisotopic (exact) mass is 408 g/mol. The van der Waals surface area contributed by atoms with Crippen LogP contribution >= 0.6 is 0 Å². The van der Waals surface area contributed by atoms with Crippen molar-refractivity contribution in [1.29, 1.82) is 0 Å². The van der Waals surface area contributed by atoms with Gasteiger partial charge in [-0.3, -0.25) is 9.59 Å². The van der Waals surface area contributed by atoms with Crippen LogP contribution in [0.3, 0.4) is 0 Å². The molecule has 0 bridgehead atoms. The number of carboxylic acids is 2. The van der Waals surface area contributed by atoms with Gasteiger partial charge >= 0.3 is 11.9 Å². The molecule has 0 fully saturated rings. The minimum atomic E-state index is -1.12. The Hall–Kier alpha value is -2.61. The Balaban J connectivity index is 2.54. The van der Waals surface area contributed by atoms with E-state index >= 15 is 0 Å². The molecule has 0 unspecified atom stereocenters. The number of aryl methyl sites for hydroxylation is 1. The molecule has 1 aromatic rings. The molecule has 0 heterocycles. The number of carbonyl (C=O) groups is 3. The van der Waals surface area contributed by atoms with Crippen molar-refractivity contribution in [3.05, 3.63) is 29.8 Å². The second-order valence-corrected chi connectivity index (χ2v) is 7.56. The minimum absolute atomic E-state index is 0.0387. The fourth-order valence-electron chi connectivity index (χ4n) is 2.80. The summed E-state index contributed by atoms with van der Waals surface area (Å²) >= 11 is 0. The number of hydrogen-bond donors (Lipinski definition) is 4. The van der Waals surface area contributed by atoms with Crippen molar-refractivity contribution in [2.75, 3.05) is 0 Å². The molecule has 0 aromatic heterocycles. The number of amides is 1. The maximum Gasteiger partial charge on any atom is 0.326 e. The molecule has 0 aliphatic heterocycles. The number of carboxylic acid groups (broad SMARTS) is 2. The lowest BCUT2D eigenvalue weighted by Gasteiger charge is -2.18. The van der Waals surface area contributed by atoms with E-state index in [1.54, 1.807) is 0 Å². The number of rotatable bonds is 13. The van der Waals surface area contributed by atoms with Gasteiger partial charge in [-0.15, -0.1) is 0 Å². The van der Waals surface area contributed by atoms with Crippen LogP contribution in [0.4, 0.5) is 0 Å². The molecular formula is C21H32N2O6. The van der Waals surface area contributed by atoms with Crippen LogP contribution in [-0.2, 0) is 20.8 Å². The molecule has 0 radical (unpaired) electrons. The lowest BCUT2D eigenvalue weighted by Crippen LogP contribution is -2.44. The lowest BCUT2D eigenvalue weighted by atomic mass is 10.0. The van der Waals surface area contributed by atoms with E-state index in [0.717, 1.165) is 11.3 Å². The predicted molar refractivity (Wildman–Crippen MR) is 109 cm³/mol. The van der Waals surface area contributed by atoms with E-state index in [2.05, 4.69) is 10.6 Å². The molecule has 8 nitrogen and oxygen atoms in total. The van der Waals surface area contributed by atoms with Crippen molar-refractivity contribution in [3.63, 3.8) is 0 Å². The van der Waals surface area contributed by atoms with Crippen molar-refractivity contribution in [1.82, 2.24) is 10.6 Å². The van der Waals surface area contributed by atoms with E-state index in [9.17, 15) is 24.6 Å². The van der Waals surface area contributed by atoms with E-state index in [1.807, 2.05) is 52.0 Å². The van der Waals surface area contributed by atoms with Crippen LogP contribution < -0.4 is 15.4 Å². The second-order valence-electron chi connectivity index (χ2n) is 7.56. The smallest absolute Gasteiger partial charge is 0.326 e. The molecule has 29 heavy (non-hydrogen) atoms. The Labute approximate surface area is 171 Å². The van der Waals surface area contributed by atoms with E-state index < -0.39 is 29.9 Å². The fourth-order valence-corrected chi connectivity index (χ4v) is 2.80. The molecule has 8 heteroatoms. The standard InChI is InChI=1S/C21H32N2O6/c1-13(2)22-17(20(25)26)11-12-19(24)23-18(21(27)28)10-7-15-5-8-16(9-6-15)29-14(3)4/h5-6,8-9,13-14,17-18,22H,7,10-12H2,1-4H3,(H,23,24)(H,25,26)(H,27,28)/t17-,18+/m0/s1. The molecule has 0 aliphatic carbocycles. The van der Waals surface area contributed by atoms with Crippen LogP contribution in [0.1, 0.15) is 52.5 Å². The summed E-state index contributed by atoms with van der Waals surface area (Å²) in [6, 6.07) is 5.48. The van der Waals surface area contributed by atoms with E-state index in [0.29, 0.717) is 6.42 Å². The van der Waals surface area contributed by atoms with E-state index in [1.165, 1.54) is 0 Å². The molecule has 0 aliphatic rings. The molecule has 1 amide bonds. The highest BCUT2D eigenvalue weighted by molar-refractivity contribution is 5.84. The zero-order chi connectivity index (χ0) is 22.0. The molecule has 0 spiro atoms. The van der Waals surface area contributed by atoms with Gasteiger partial charge in [0.05, 0.1) is 6.10 Å². The van der Waals surface area contributed by atoms with E-state index in [-0.39, 0.29) is 31.4 Å². The number of ether oxygens (including phenoxy) is 1. The fraction of sp³-hybridized carbons (Fsp3) is 0.571. The summed E-state index contributed by atoms with van der Waals surface area (Å²) in [5.74, 6) is -1.89. The molecule has 162 valence electrons. The summed E-state index contributed by atoms with van der Waals surface area (Å²) in [6.07, 6.45) is 0.804. The molecule has 0 saturated heterocycles. The van der Waals surface area contributed by atoms with Gasteiger partial charge in [-0.25, -0.2) is 4.79 Å². The van der Waals surface area contributed by atoms with Gasteiger partial charge in [0.25, 0.3) is 0 Å². The molecule has 2 atom stereocenters. The first-order chi connectivity index (χ1) is 13.6. The van der Waals surface area contributed by atoms with Gasteiger partial charge in [0.1, 0.15) is 17.8 Å². The number of benzene rings is 1. The Morgan fingerprint density at radius 1 is 0.931 bits per heavy atom. The van der Waals surface area contributed by atoms with Crippen molar-refractivity contribution >= 4 is 17.8 Å². The second kappa shape index (κ2) is 12.1. The Bertz CT molecular complexity index is 672. The highest BCUT2D eigenvalue weighted by Gasteiger charge is 2.23. The van der Waals surface area contributed by atoms with Crippen molar-refractivity contribution in [2.24, 2.45) is 0 Å². The third kappa shape index (κ3) is 9.94. The summed E-state index contributed by atoms with van der Waals surface area (Å²) in [4.78, 5) is 34.8. The molecular weight excluding hydrogens is 376 g/mol. The van der Waals surface area contributed by atoms with Gasteiger partial charge in [-0.2, -0.15) is 0 Å². The first-order valence-corrected chi connectivity index (χ1v) is 9.85. The van der Waals surface area contributed by atoms with Crippen molar-refractivity contribution in [3.8, 4) is 5.75 Å². The van der Waals surface area contributed by atoms with Crippen LogP contribution in [0.2, 0.25) is 0 Å². The van der Waals surface area contributed by atoms with Gasteiger partial charge in [-0.1, -0.05) is 26.0 Å². The van der Waals surface area contributed by atoms with Crippen molar-refractivity contribution < 1.29 is 29.3 Å². The predicted octanol–water partition coefficient (Wildman–Crippen LogP) is 2.21. The molecule has 1 rings (SSSR count). The summed E-state index contributed by atoms with van der Waals surface area (Å²) in [5, 5.41) is 23.9. The zero-order valence-corrected chi connectivity index (χ0v) is 17.5. The number of nitrogens with one attached hydrogen (secondary N) is 2. The average Bonchev–Trinajstić information content (AvgIpc) is 2.62. The van der Waals surface area contributed by atoms with Crippen molar-refractivity contribution in [2.45, 2.75) is 77.6 Å². The van der Waals surface area contributed by atoms with E-state index in [4.69, 9.17) is 4.74 Å². The summed E-state index contributed by atoms with van der Waals surface area (Å²) in [7, 11) is 0. The third-order valence-corrected chi connectivity index (χ3v) is 4.14. The number of carbonyl (C=O) groups excluding carboxylic acids is 1. The Morgan fingerprint density at radius 3 is 2.00 bits per heavy atom. The van der Waals surface area contributed by atoms with Crippen LogP contribution in [0.25, 0.3) is 0 Å². The molecule has 0 saturated carbocycles.